The molecule has 0 saturated heterocycles. The van der Waals surface area contributed by atoms with E-state index in [9.17, 15) is 9.90 Å². The van der Waals surface area contributed by atoms with Gasteiger partial charge in [-0.2, -0.15) is 0 Å². The lowest BCUT2D eigenvalue weighted by molar-refractivity contribution is -0.124. The van der Waals surface area contributed by atoms with Gasteiger partial charge in [0.25, 0.3) is 5.91 Å². The van der Waals surface area contributed by atoms with Crippen LogP contribution in [-0.2, 0) is 11.2 Å². The van der Waals surface area contributed by atoms with Gasteiger partial charge in [0.15, 0.2) is 6.61 Å². The molecule has 2 N–H and O–H groups in total. The predicted octanol–water partition coefficient (Wildman–Crippen LogP) is 2.05. The van der Waals surface area contributed by atoms with E-state index in [0.717, 1.165) is 32.1 Å². The summed E-state index contributed by atoms with van der Waals surface area (Å²) >= 11 is 0. The van der Waals surface area contributed by atoms with Gasteiger partial charge in [0, 0.05) is 6.54 Å². The van der Waals surface area contributed by atoms with Gasteiger partial charge < -0.3 is 15.2 Å². The predicted molar refractivity (Wildman–Crippen MR) is 77.7 cm³/mol. The fraction of sp³-hybridized carbons (Fsp3) is 0.562. The molecule has 0 bridgehead atoms. The molecule has 1 saturated carbocycles. The number of ether oxygens (including phenoxy) is 1. The molecule has 4 nitrogen and oxygen atoms in total. The lowest BCUT2D eigenvalue weighted by Crippen LogP contribution is -2.42. The van der Waals surface area contributed by atoms with Gasteiger partial charge in [-0.1, -0.05) is 31.9 Å². The van der Waals surface area contributed by atoms with E-state index in [1.54, 1.807) is 0 Å². The van der Waals surface area contributed by atoms with Gasteiger partial charge in [0.2, 0.25) is 0 Å². The zero-order valence-electron chi connectivity index (χ0n) is 12.0. The first kappa shape index (κ1) is 14.9. The average Bonchev–Trinajstić information content (AvgIpc) is 2.90. The molecule has 0 atom stereocenters. The highest BCUT2D eigenvalue weighted by molar-refractivity contribution is 5.77. The second-order valence-electron chi connectivity index (χ2n) is 5.50. The molecular formula is C16H23NO3. The van der Waals surface area contributed by atoms with E-state index >= 15 is 0 Å². The number of nitrogens with one attached hydrogen (secondary N) is 1. The second kappa shape index (κ2) is 6.75. The van der Waals surface area contributed by atoms with Crippen molar-refractivity contribution in [2.75, 3.05) is 13.2 Å². The highest BCUT2D eigenvalue weighted by atomic mass is 16.5. The van der Waals surface area contributed by atoms with Crippen LogP contribution in [0.15, 0.2) is 24.3 Å². The minimum atomic E-state index is -0.711. The maximum absolute atomic E-state index is 11.7. The topological polar surface area (TPSA) is 58.6 Å². The number of hydrogen-bond donors (Lipinski definition) is 2. The standard InChI is InChI=1S/C16H23NO3/c1-2-13-6-5-7-14(10-13)20-11-15(18)17-12-16(19)8-3-4-9-16/h5-7,10,19H,2-4,8-9,11-12H2,1H3,(H,17,18). The van der Waals surface area contributed by atoms with Gasteiger partial charge in [0.1, 0.15) is 5.75 Å². The molecule has 1 aliphatic rings. The molecule has 2 rings (SSSR count). The average molecular weight is 277 g/mol. The van der Waals surface area contributed by atoms with E-state index in [2.05, 4.69) is 12.2 Å². The third kappa shape index (κ3) is 4.23. The molecule has 0 heterocycles. The molecule has 4 heteroatoms. The summed E-state index contributed by atoms with van der Waals surface area (Å²) in [5.41, 5.74) is 0.473. The summed E-state index contributed by atoms with van der Waals surface area (Å²) < 4.78 is 5.46. The minimum Gasteiger partial charge on any atom is -0.484 e. The molecule has 0 unspecified atom stereocenters. The van der Waals surface area contributed by atoms with E-state index in [-0.39, 0.29) is 12.5 Å². The highest BCUT2D eigenvalue weighted by Crippen LogP contribution is 2.28. The number of aryl methyl sites for hydroxylation is 1. The normalized spacial score (nSPS) is 16.9. The number of benzene rings is 1. The molecule has 1 amide bonds. The van der Waals surface area contributed by atoms with Crippen LogP contribution in [0, 0.1) is 0 Å². The molecule has 1 fully saturated rings. The Morgan fingerprint density at radius 2 is 2.15 bits per heavy atom. The molecule has 0 spiro atoms. The van der Waals surface area contributed by atoms with Gasteiger partial charge in [-0.25, -0.2) is 0 Å². The van der Waals surface area contributed by atoms with Gasteiger partial charge in [-0.15, -0.1) is 0 Å². The van der Waals surface area contributed by atoms with Crippen molar-refractivity contribution >= 4 is 5.91 Å². The maximum atomic E-state index is 11.7. The maximum Gasteiger partial charge on any atom is 0.258 e. The Kier molecular flexibility index (Phi) is 5.01. The van der Waals surface area contributed by atoms with Crippen molar-refractivity contribution in [3.63, 3.8) is 0 Å². The Balaban J connectivity index is 1.74. The van der Waals surface area contributed by atoms with Gasteiger partial charge in [0.05, 0.1) is 5.60 Å². The van der Waals surface area contributed by atoms with Crippen LogP contribution in [-0.4, -0.2) is 29.8 Å². The van der Waals surface area contributed by atoms with Crippen LogP contribution >= 0.6 is 0 Å². The zero-order chi connectivity index (χ0) is 14.4. The van der Waals surface area contributed by atoms with Crippen LogP contribution in [0.1, 0.15) is 38.2 Å². The number of aliphatic hydroxyl groups is 1. The first-order chi connectivity index (χ1) is 9.61. The Bertz CT molecular complexity index is 453. The fourth-order valence-corrected chi connectivity index (χ4v) is 2.53. The van der Waals surface area contributed by atoms with E-state index < -0.39 is 5.60 Å². The van der Waals surface area contributed by atoms with Gasteiger partial charge in [-0.3, -0.25) is 4.79 Å². The third-order valence-electron chi connectivity index (χ3n) is 3.83. The van der Waals surface area contributed by atoms with Gasteiger partial charge >= 0.3 is 0 Å². The van der Waals surface area contributed by atoms with Crippen LogP contribution in [0.4, 0.5) is 0 Å². The first-order valence-corrected chi connectivity index (χ1v) is 7.32. The smallest absolute Gasteiger partial charge is 0.258 e. The lowest BCUT2D eigenvalue weighted by Gasteiger charge is -2.22. The Labute approximate surface area is 120 Å². The summed E-state index contributed by atoms with van der Waals surface area (Å²) in [5, 5.41) is 12.9. The second-order valence-corrected chi connectivity index (χ2v) is 5.50. The zero-order valence-corrected chi connectivity index (χ0v) is 12.0. The first-order valence-electron chi connectivity index (χ1n) is 7.32. The van der Waals surface area contributed by atoms with E-state index in [4.69, 9.17) is 4.74 Å². The Morgan fingerprint density at radius 1 is 1.40 bits per heavy atom. The summed E-state index contributed by atoms with van der Waals surface area (Å²) in [6, 6.07) is 7.74. The molecule has 1 aliphatic carbocycles. The molecule has 0 aromatic heterocycles. The molecule has 1 aromatic carbocycles. The van der Waals surface area contributed by atoms with E-state index in [0.29, 0.717) is 12.3 Å². The molecule has 110 valence electrons. The highest BCUT2D eigenvalue weighted by Gasteiger charge is 2.31. The molecule has 0 aliphatic heterocycles. The molecular weight excluding hydrogens is 254 g/mol. The van der Waals surface area contributed by atoms with Crippen molar-refractivity contribution in [2.24, 2.45) is 0 Å². The van der Waals surface area contributed by atoms with Crippen molar-refractivity contribution in [3.05, 3.63) is 29.8 Å². The summed E-state index contributed by atoms with van der Waals surface area (Å²) in [6.45, 7) is 2.39. The minimum absolute atomic E-state index is 0.0107. The number of hydrogen-bond acceptors (Lipinski definition) is 3. The monoisotopic (exact) mass is 277 g/mol. The summed E-state index contributed by atoms with van der Waals surface area (Å²) in [6.07, 6.45) is 4.55. The van der Waals surface area contributed by atoms with Crippen molar-refractivity contribution in [3.8, 4) is 5.75 Å². The summed E-state index contributed by atoms with van der Waals surface area (Å²) in [4.78, 5) is 11.7. The van der Waals surface area contributed by atoms with Crippen molar-refractivity contribution in [1.82, 2.24) is 5.32 Å². The van der Waals surface area contributed by atoms with Crippen LogP contribution in [0.25, 0.3) is 0 Å². The third-order valence-corrected chi connectivity index (χ3v) is 3.83. The lowest BCUT2D eigenvalue weighted by atomic mass is 10.0. The molecule has 0 radical (unpaired) electrons. The SMILES string of the molecule is CCc1cccc(OCC(=O)NCC2(O)CCCC2)c1. The van der Waals surface area contributed by atoms with Gasteiger partial charge in [-0.05, 0) is 37.0 Å². The number of amides is 1. The molecule has 20 heavy (non-hydrogen) atoms. The number of carbonyl (C=O) groups is 1. The fourth-order valence-electron chi connectivity index (χ4n) is 2.53. The van der Waals surface area contributed by atoms with Crippen LogP contribution in [0.3, 0.4) is 0 Å². The number of carbonyl (C=O) groups excluding carboxylic acids is 1. The largest absolute Gasteiger partial charge is 0.484 e. The summed E-state index contributed by atoms with van der Waals surface area (Å²) in [5.74, 6) is 0.520. The Hall–Kier alpha value is -1.55. The molecule has 1 aromatic rings. The number of rotatable bonds is 6. The quantitative estimate of drug-likeness (QED) is 0.836. The van der Waals surface area contributed by atoms with Crippen LogP contribution in [0.5, 0.6) is 5.75 Å². The van der Waals surface area contributed by atoms with E-state index in [1.165, 1.54) is 5.56 Å². The van der Waals surface area contributed by atoms with Crippen LogP contribution in [0.2, 0.25) is 0 Å². The van der Waals surface area contributed by atoms with Crippen molar-refractivity contribution < 1.29 is 14.6 Å². The van der Waals surface area contributed by atoms with Crippen LogP contribution < -0.4 is 10.1 Å². The summed E-state index contributed by atoms with van der Waals surface area (Å²) in [7, 11) is 0. The van der Waals surface area contributed by atoms with E-state index in [1.807, 2.05) is 24.3 Å². The van der Waals surface area contributed by atoms with Crippen molar-refractivity contribution in [1.29, 1.82) is 0 Å². The Morgan fingerprint density at radius 3 is 2.85 bits per heavy atom. The van der Waals surface area contributed by atoms with Crippen molar-refractivity contribution in [2.45, 2.75) is 44.6 Å².